The van der Waals surface area contributed by atoms with E-state index in [0.29, 0.717) is 55.3 Å². The maximum atomic E-state index is 16.1. The van der Waals surface area contributed by atoms with Crippen molar-refractivity contribution in [2.24, 2.45) is 23.7 Å². The van der Waals surface area contributed by atoms with Gasteiger partial charge in [-0.3, -0.25) is 4.79 Å². The summed E-state index contributed by atoms with van der Waals surface area (Å²) >= 11 is 0. The number of anilines is 2. The second-order valence-corrected chi connectivity index (χ2v) is 19.8. The van der Waals surface area contributed by atoms with Crippen LogP contribution in [0.15, 0.2) is 109 Å². The van der Waals surface area contributed by atoms with Crippen molar-refractivity contribution in [3.05, 3.63) is 143 Å². The fourth-order valence-electron chi connectivity index (χ4n) is 12.3. The number of ether oxygens (including phenoxy) is 2. The van der Waals surface area contributed by atoms with Crippen molar-refractivity contribution >= 4 is 34.1 Å². The van der Waals surface area contributed by atoms with Crippen LogP contribution in [0.5, 0.6) is 34.5 Å². The Balaban J connectivity index is 1.13. The summed E-state index contributed by atoms with van der Waals surface area (Å²) in [5.41, 5.74) is 5.24. The van der Waals surface area contributed by atoms with Gasteiger partial charge in [0, 0.05) is 35.6 Å². The van der Waals surface area contributed by atoms with Crippen molar-refractivity contribution in [1.29, 1.82) is 0 Å². The number of fused-ring (bicyclic) bond motifs is 3. The molecule has 2 bridgehead atoms. The van der Waals surface area contributed by atoms with Gasteiger partial charge in [-0.1, -0.05) is 61.9 Å². The number of allylic oxidation sites excluding steroid dienone is 2. The van der Waals surface area contributed by atoms with Gasteiger partial charge in [0.25, 0.3) is 0 Å². The lowest BCUT2D eigenvalue weighted by atomic mass is 9.58. The Morgan fingerprint density at radius 3 is 2.66 bits per heavy atom. The number of rotatable bonds is 11. The van der Waals surface area contributed by atoms with Gasteiger partial charge in [0.15, 0.2) is 23.0 Å². The number of phenolic OH excluding ortho intramolecular Hbond substituents is 4. The first-order chi connectivity index (χ1) is 33.0. The number of aliphatic hydroxyl groups excluding tert-OH is 1. The van der Waals surface area contributed by atoms with E-state index >= 15 is 4.79 Å². The van der Waals surface area contributed by atoms with Crippen molar-refractivity contribution in [3.63, 3.8) is 0 Å². The quantitative estimate of drug-likeness (QED) is 0.0539. The van der Waals surface area contributed by atoms with E-state index in [1.807, 2.05) is 42.5 Å². The van der Waals surface area contributed by atoms with E-state index in [9.17, 15) is 25.5 Å². The van der Waals surface area contributed by atoms with Crippen LogP contribution in [0.1, 0.15) is 104 Å². The summed E-state index contributed by atoms with van der Waals surface area (Å²) in [7, 11) is 1.50. The Morgan fingerprint density at radius 1 is 0.956 bits per heavy atom. The predicted molar refractivity (Wildman–Crippen MR) is 263 cm³/mol. The number of nitrogens with one attached hydrogen (secondary N) is 1. The van der Waals surface area contributed by atoms with Gasteiger partial charge >= 0.3 is 0 Å². The number of aliphatic hydroxyl groups is 1. The normalized spacial score (nSPS) is 24.8. The molecule has 1 spiro atoms. The lowest BCUT2D eigenvalue weighted by molar-refractivity contribution is -0.132. The highest BCUT2D eigenvalue weighted by atomic mass is 16.5. The molecular formula is C57H60N3O8-. The van der Waals surface area contributed by atoms with Crippen LogP contribution in [0.3, 0.4) is 0 Å². The highest BCUT2D eigenvalue weighted by Crippen LogP contribution is 2.56. The third-order valence-corrected chi connectivity index (χ3v) is 15.5. The minimum atomic E-state index is -1.09. The molecule has 0 radical (unpaired) electrons. The van der Waals surface area contributed by atoms with E-state index in [0.717, 1.165) is 70.1 Å². The molecule has 2 aromatic heterocycles. The molecule has 11 nitrogen and oxygen atoms in total. The number of carbonyl (C=O) groups excluding carboxylic acids is 1. The second kappa shape index (κ2) is 18.8. The molecule has 352 valence electrons. The predicted octanol–water partition coefficient (Wildman–Crippen LogP) is 10.9. The first-order valence-corrected chi connectivity index (χ1v) is 24.2. The number of benzene rings is 4. The summed E-state index contributed by atoms with van der Waals surface area (Å²) in [6.07, 6.45) is 17.0. The Kier molecular flexibility index (Phi) is 12.4. The number of aromatic nitrogens is 2. The van der Waals surface area contributed by atoms with Gasteiger partial charge in [-0.2, -0.15) is 11.9 Å². The summed E-state index contributed by atoms with van der Waals surface area (Å²) < 4.78 is 11.8. The maximum Gasteiger partial charge on any atom is 0.200 e. The first-order valence-electron chi connectivity index (χ1n) is 24.2. The number of Topliss-reactive ketones (excluding diaryl/α,β-unsaturated/α-hetero) is 1. The maximum absolute atomic E-state index is 16.1. The number of ketones is 1. The number of aryl methyl sites for hydroxylation is 1. The fraction of sp³-hybridized carbons (Fsp3) is 0.368. The van der Waals surface area contributed by atoms with Gasteiger partial charge in [0.2, 0.25) is 5.75 Å². The van der Waals surface area contributed by atoms with Crippen molar-refractivity contribution in [1.82, 2.24) is 9.97 Å². The van der Waals surface area contributed by atoms with Gasteiger partial charge in [0.05, 0.1) is 25.7 Å². The van der Waals surface area contributed by atoms with E-state index in [1.165, 1.54) is 7.11 Å². The molecule has 4 aromatic carbocycles. The van der Waals surface area contributed by atoms with E-state index in [4.69, 9.17) is 19.4 Å². The summed E-state index contributed by atoms with van der Waals surface area (Å²) in [5, 5.41) is 62.5. The average molecular weight is 915 g/mol. The van der Waals surface area contributed by atoms with Crippen molar-refractivity contribution in [3.8, 4) is 34.5 Å². The standard InChI is InChI=1S/C57H60N3O8/c1-33-6-3-7-35(22-33)32-68-51-29-40(28-49(65)56(51)66)39-24-36-12-13-37-25-44(61)26-38-14-15-45(54(36)53(37)38)60-52-31-42(18-21-59-52)57(19-4-8-41(57)30-43-9-5-20-58-43)55(48(64)27-39)47(63)17-11-34-10-16-46(62)50(23-34)67-2/h3,5,7,9-10,12-16,18,20-21,23,25-26,28-29,31,33,35-36,39,41,47,55,61-63,65-66H,4,6,8,11,17,19,22,24,27,30,32H2,1-2H3,(H,59,60)/q-1/t33-,35-,36+,39-,41-,47-,55-,57+/m1/s1. The number of carbonyl (C=O) groups is 1. The molecule has 10 rings (SSSR count). The number of hydrogen-bond donors (Lipinski definition) is 6. The lowest BCUT2D eigenvalue weighted by Gasteiger charge is -2.45. The number of aromatic hydroxyl groups is 4. The Bertz CT molecular complexity index is 2890. The number of nitrogens with zero attached hydrogens (tertiary/aromatic N) is 2. The van der Waals surface area contributed by atoms with Gasteiger partial charge in [-0.25, -0.2) is 4.98 Å². The lowest BCUT2D eigenvalue weighted by Crippen LogP contribution is -2.50. The molecule has 68 heavy (non-hydrogen) atoms. The zero-order valence-corrected chi connectivity index (χ0v) is 38.6. The van der Waals surface area contributed by atoms with Crippen LogP contribution in [-0.4, -0.2) is 56.1 Å². The molecular weight excluding hydrogens is 855 g/mol. The van der Waals surface area contributed by atoms with Crippen molar-refractivity contribution in [2.75, 3.05) is 19.0 Å². The number of phenols is 4. The second-order valence-electron chi connectivity index (χ2n) is 19.8. The van der Waals surface area contributed by atoms with Gasteiger partial charge < -0.3 is 45.3 Å². The first kappa shape index (κ1) is 45.1. The van der Waals surface area contributed by atoms with Crippen LogP contribution in [0.2, 0.25) is 0 Å². The van der Waals surface area contributed by atoms with Gasteiger partial charge in [-0.05, 0) is 162 Å². The zero-order chi connectivity index (χ0) is 47.1. The Labute approximate surface area is 397 Å². The molecule has 4 aliphatic rings. The molecule has 1 aliphatic heterocycles. The Morgan fingerprint density at radius 2 is 1.84 bits per heavy atom. The van der Waals surface area contributed by atoms with E-state index in [2.05, 4.69) is 36.5 Å². The third kappa shape index (κ3) is 8.68. The van der Waals surface area contributed by atoms with E-state index in [1.54, 1.807) is 48.8 Å². The zero-order valence-electron chi connectivity index (χ0n) is 38.6. The number of hydrogen-bond acceptors (Lipinski definition) is 10. The van der Waals surface area contributed by atoms with E-state index in [-0.39, 0.29) is 65.1 Å². The molecule has 8 atom stereocenters. The van der Waals surface area contributed by atoms with Crippen LogP contribution in [0.25, 0.3) is 16.8 Å². The van der Waals surface area contributed by atoms with E-state index < -0.39 is 23.4 Å². The molecule has 3 heterocycles. The molecule has 0 amide bonds. The van der Waals surface area contributed by atoms with Crippen LogP contribution >= 0.6 is 0 Å². The minimum Gasteiger partial charge on any atom is -0.668 e. The number of methoxy groups -OCH3 is 1. The van der Waals surface area contributed by atoms with Crippen LogP contribution in [0, 0.1) is 23.7 Å². The van der Waals surface area contributed by atoms with Gasteiger partial charge in [0.1, 0.15) is 17.4 Å². The summed E-state index contributed by atoms with van der Waals surface area (Å²) in [4.78, 5) is 25.7. The van der Waals surface area contributed by atoms with Crippen LogP contribution < -0.4 is 19.8 Å². The molecule has 0 saturated heterocycles. The van der Waals surface area contributed by atoms with Crippen LogP contribution in [0.4, 0.5) is 11.5 Å². The Hall–Kier alpha value is -6.72. The highest BCUT2D eigenvalue weighted by molar-refractivity contribution is 6.00. The molecule has 6 N–H and O–H groups in total. The summed E-state index contributed by atoms with van der Waals surface area (Å²) in [6, 6.07) is 24.1. The number of pyridine rings is 1. The van der Waals surface area contributed by atoms with Gasteiger partial charge in [-0.15, -0.1) is 0 Å². The highest BCUT2D eigenvalue weighted by Gasteiger charge is 2.54. The molecule has 3 aliphatic carbocycles. The fourth-order valence-corrected chi connectivity index (χ4v) is 12.3. The summed E-state index contributed by atoms with van der Waals surface area (Å²) in [6.45, 7) is 2.53. The average Bonchev–Trinajstić information content (AvgIpc) is 4.01. The summed E-state index contributed by atoms with van der Waals surface area (Å²) in [5.74, 6) is -0.538. The van der Waals surface area contributed by atoms with Crippen molar-refractivity contribution < 1.29 is 39.8 Å². The minimum absolute atomic E-state index is 0.0217. The molecule has 11 heteroatoms. The largest absolute Gasteiger partial charge is 0.668 e. The third-order valence-electron chi connectivity index (χ3n) is 15.5. The molecule has 1 saturated carbocycles. The molecule has 1 fully saturated rings. The monoisotopic (exact) mass is 914 g/mol. The van der Waals surface area contributed by atoms with Crippen LogP contribution in [-0.2, 0) is 23.1 Å². The topological polar surface area (TPSA) is 176 Å². The SMILES string of the molecule is COc1cc(CC[C@@H](O)[C@@H]2C(=O)C[C@H](c3cc(O)c(O)c(OC[C@@H]4C=CC[C@@H](C)C4)c3)C[C@@H]3C=Cc4cc(O)cc5ccc(c3c45)Nc3cc(ccn3)[C@@]23CCC[C@@H]3Cc2ccc[n-]2)ccc1O. The smallest absolute Gasteiger partial charge is 0.200 e. The molecule has 0 unspecified atom stereocenters. The van der Waals surface area contributed by atoms with Crippen molar-refractivity contribution in [2.45, 2.75) is 94.5 Å². The molecule has 6 aromatic rings.